The van der Waals surface area contributed by atoms with E-state index in [9.17, 15) is 0 Å². The molecule has 0 spiro atoms. The molecule has 0 aliphatic rings. The molecule has 0 saturated carbocycles. The van der Waals surface area contributed by atoms with Crippen molar-refractivity contribution in [1.29, 1.82) is 0 Å². The van der Waals surface area contributed by atoms with Gasteiger partial charge in [-0.2, -0.15) is 0 Å². The first-order chi connectivity index (χ1) is 27.7. The number of rotatable bonds is 7. The van der Waals surface area contributed by atoms with Gasteiger partial charge >= 0.3 is 0 Å². The third-order valence-electron chi connectivity index (χ3n) is 10.6. The Morgan fingerprint density at radius 1 is 0.250 bits per heavy atom. The summed E-state index contributed by atoms with van der Waals surface area (Å²) in [5.41, 5.74) is 16.5. The van der Waals surface area contributed by atoms with E-state index in [1.165, 1.54) is 44.0 Å². The van der Waals surface area contributed by atoms with Gasteiger partial charge in [0.25, 0.3) is 0 Å². The van der Waals surface area contributed by atoms with Crippen LogP contribution in [0.15, 0.2) is 218 Å². The predicted molar refractivity (Wildman–Crippen MR) is 235 cm³/mol. The molecule has 0 amide bonds. The van der Waals surface area contributed by atoms with E-state index in [-0.39, 0.29) is 0 Å². The van der Waals surface area contributed by atoms with Crippen molar-refractivity contribution in [2.75, 3.05) is 0 Å². The van der Waals surface area contributed by atoms with Gasteiger partial charge in [-0.25, -0.2) is 9.97 Å². The molecule has 2 nitrogen and oxygen atoms in total. The number of benzene rings is 8. The third kappa shape index (κ3) is 6.44. The molecule has 0 bridgehead atoms. The van der Waals surface area contributed by atoms with Crippen molar-refractivity contribution in [3.8, 4) is 78.3 Å². The summed E-state index contributed by atoms with van der Waals surface area (Å²) >= 11 is 0. The van der Waals surface area contributed by atoms with Gasteiger partial charge in [0, 0.05) is 22.1 Å². The summed E-state index contributed by atoms with van der Waals surface area (Å²) in [5.74, 6) is 0. The van der Waals surface area contributed by atoms with Gasteiger partial charge in [0.05, 0.1) is 22.6 Å². The van der Waals surface area contributed by atoms with Crippen LogP contribution in [0.25, 0.3) is 100.0 Å². The molecule has 0 aliphatic carbocycles. The fourth-order valence-corrected chi connectivity index (χ4v) is 7.82. The molecule has 2 heteroatoms. The minimum atomic E-state index is 0.945. The number of fused-ring (bicyclic) bond motifs is 3. The lowest BCUT2D eigenvalue weighted by Gasteiger charge is -2.14. The van der Waals surface area contributed by atoms with Crippen LogP contribution in [0.4, 0.5) is 0 Å². The van der Waals surface area contributed by atoms with Crippen molar-refractivity contribution in [1.82, 2.24) is 9.97 Å². The summed E-state index contributed by atoms with van der Waals surface area (Å²) in [6, 6.07) is 77.6. The Balaban J connectivity index is 1.08. The summed E-state index contributed by atoms with van der Waals surface area (Å²) in [6.45, 7) is 0. The number of pyridine rings is 2. The van der Waals surface area contributed by atoms with E-state index in [1.807, 2.05) is 12.1 Å². The van der Waals surface area contributed by atoms with Crippen molar-refractivity contribution < 1.29 is 0 Å². The number of hydrogen-bond donors (Lipinski definition) is 0. The second kappa shape index (κ2) is 14.4. The molecule has 0 unspecified atom stereocenters. The molecule has 0 N–H and O–H groups in total. The Hall–Kier alpha value is -7.42. The molecule has 262 valence electrons. The average Bonchev–Trinajstić information content (AvgIpc) is 3.29. The molecule has 0 radical (unpaired) electrons. The summed E-state index contributed by atoms with van der Waals surface area (Å²) in [7, 11) is 0. The topological polar surface area (TPSA) is 25.8 Å². The first-order valence-electron chi connectivity index (χ1n) is 19.1. The molecule has 2 aromatic heterocycles. The molecule has 2 heterocycles. The van der Waals surface area contributed by atoms with Crippen molar-refractivity contribution in [2.24, 2.45) is 0 Å². The van der Waals surface area contributed by atoms with Gasteiger partial charge < -0.3 is 0 Å². The summed E-state index contributed by atoms with van der Waals surface area (Å²) < 4.78 is 0. The fraction of sp³-hybridized carbons (Fsp3) is 0. The summed E-state index contributed by atoms with van der Waals surface area (Å²) in [4.78, 5) is 10.4. The van der Waals surface area contributed by atoms with E-state index in [1.54, 1.807) is 0 Å². The van der Waals surface area contributed by atoms with Gasteiger partial charge in [-0.3, -0.25) is 0 Å². The Labute approximate surface area is 327 Å². The lowest BCUT2D eigenvalue weighted by atomic mass is 9.92. The maximum Gasteiger partial charge on any atom is 0.0722 e. The predicted octanol–water partition coefficient (Wildman–Crippen LogP) is 14.5. The molecule has 0 fully saturated rings. The van der Waals surface area contributed by atoms with E-state index >= 15 is 0 Å². The van der Waals surface area contributed by atoms with Crippen LogP contribution in [0.5, 0.6) is 0 Å². The lowest BCUT2D eigenvalue weighted by molar-refractivity contribution is 1.32. The summed E-state index contributed by atoms with van der Waals surface area (Å²) in [5, 5.41) is 3.54. The van der Waals surface area contributed by atoms with Gasteiger partial charge in [0.2, 0.25) is 0 Å². The zero-order valence-corrected chi connectivity index (χ0v) is 30.7. The van der Waals surface area contributed by atoms with Crippen molar-refractivity contribution in [3.05, 3.63) is 218 Å². The smallest absolute Gasteiger partial charge is 0.0722 e. The van der Waals surface area contributed by atoms with E-state index in [0.717, 1.165) is 56.0 Å². The highest BCUT2D eigenvalue weighted by Crippen LogP contribution is 2.39. The molecule has 0 aliphatic heterocycles. The number of aromatic nitrogens is 2. The third-order valence-corrected chi connectivity index (χ3v) is 10.6. The Morgan fingerprint density at radius 3 is 1.36 bits per heavy atom. The van der Waals surface area contributed by atoms with Crippen LogP contribution in [-0.4, -0.2) is 9.97 Å². The fourth-order valence-electron chi connectivity index (χ4n) is 7.82. The number of hydrogen-bond acceptors (Lipinski definition) is 2. The second-order valence-corrected chi connectivity index (χ2v) is 14.2. The van der Waals surface area contributed by atoms with Crippen LogP contribution in [0.3, 0.4) is 0 Å². The Kier molecular flexibility index (Phi) is 8.55. The molecule has 10 aromatic rings. The maximum absolute atomic E-state index is 5.22. The van der Waals surface area contributed by atoms with Crippen molar-refractivity contribution in [2.45, 2.75) is 0 Å². The van der Waals surface area contributed by atoms with Crippen LogP contribution in [0.2, 0.25) is 0 Å². The van der Waals surface area contributed by atoms with Crippen LogP contribution >= 0.6 is 0 Å². The zero-order valence-electron chi connectivity index (χ0n) is 30.7. The van der Waals surface area contributed by atoms with Crippen LogP contribution in [0.1, 0.15) is 0 Å². The van der Waals surface area contributed by atoms with Crippen LogP contribution in [-0.2, 0) is 0 Å². The Morgan fingerprint density at radius 2 is 0.714 bits per heavy atom. The summed E-state index contributed by atoms with van der Waals surface area (Å²) in [6.07, 6.45) is 0. The highest BCUT2D eigenvalue weighted by molar-refractivity contribution is 6.14. The molecule has 8 aromatic carbocycles. The average molecular weight is 713 g/mol. The van der Waals surface area contributed by atoms with Gasteiger partial charge in [0.1, 0.15) is 0 Å². The van der Waals surface area contributed by atoms with Gasteiger partial charge in [-0.1, -0.05) is 176 Å². The first kappa shape index (κ1) is 33.2. The lowest BCUT2D eigenvalue weighted by Crippen LogP contribution is -1.92. The minimum absolute atomic E-state index is 0.945. The molecular weight excluding hydrogens is 677 g/mol. The quantitative estimate of drug-likeness (QED) is 0.154. The van der Waals surface area contributed by atoms with Gasteiger partial charge in [-0.15, -0.1) is 0 Å². The molecular formula is C54H36N2. The van der Waals surface area contributed by atoms with E-state index in [0.29, 0.717) is 0 Å². The second-order valence-electron chi connectivity index (χ2n) is 14.2. The van der Waals surface area contributed by atoms with Crippen molar-refractivity contribution in [3.63, 3.8) is 0 Å². The SMILES string of the molecule is c1ccc(-c2cccc(-c3cc(-c4cccc(-c5ccc6c(ccc7nc(-c8ccccc8)cc(-c8ccccc8)c76)c5)c4)cc(-c4ccccc4)n3)c2)cc1. The Bertz CT molecular complexity index is 2990. The maximum atomic E-state index is 5.22. The molecule has 0 saturated heterocycles. The molecule has 0 atom stereocenters. The number of nitrogens with zero attached hydrogens (tertiary/aromatic N) is 2. The van der Waals surface area contributed by atoms with Gasteiger partial charge in [-0.05, 0) is 97.7 Å². The normalized spacial score (nSPS) is 11.2. The van der Waals surface area contributed by atoms with Crippen LogP contribution in [0, 0.1) is 0 Å². The standard InChI is InChI=1S/C54H36N2/c1-5-15-37(16-6-1)41-23-14-26-46(33-41)52-35-47(34-51(56-52)39-19-9-3-10-20-39)43-25-13-24-42(31-43)44-27-29-48-45(32-44)28-30-50-54(48)49(38-17-7-2-8-18-38)36-53(55-50)40-21-11-4-12-22-40/h1-36H. The van der Waals surface area contributed by atoms with E-state index < -0.39 is 0 Å². The van der Waals surface area contributed by atoms with Gasteiger partial charge in [0.15, 0.2) is 0 Å². The van der Waals surface area contributed by atoms with E-state index in [4.69, 9.17) is 9.97 Å². The highest BCUT2D eigenvalue weighted by atomic mass is 14.7. The zero-order chi connectivity index (χ0) is 37.3. The van der Waals surface area contributed by atoms with Crippen LogP contribution < -0.4 is 0 Å². The first-order valence-corrected chi connectivity index (χ1v) is 19.1. The van der Waals surface area contributed by atoms with E-state index in [2.05, 4.69) is 206 Å². The minimum Gasteiger partial charge on any atom is -0.248 e. The van der Waals surface area contributed by atoms with Crippen molar-refractivity contribution >= 4 is 21.7 Å². The highest BCUT2D eigenvalue weighted by Gasteiger charge is 2.15. The monoisotopic (exact) mass is 712 g/mol. The largest absolute Gasteiger partial charge is 0.248 e. The molecule has 56 heavy (non-hydrogen) atoms. The molecule has 10 rings (SSSR count).